The van der Waals surface area contributed by atoms with Gasteiger partial charge in [0.1, 0.15) is 11.4 Å². The zero-order valence-electron chi connectivity index (χ0n) is 14.8. The molecule has 0 aliphatic heterocycles. The third-order valence-corrected chi connectivity index (χ3v) is 3.76. The van der Waals surface area contributed by atoms with Crippen molar-refractivity contribution in [3.05, 3.63) is 52.8 Å². The summed E-state index contributed by atoms with van der Waals surface area (Å²) < 4.78 is 10.6. The van der Waals surface area contributed by atoms with Crippen LogP contribution >= 0.6 is 0 Å². The first-order valence-corrected chi connectivity index (χ1v) is 8.37. The molecule has 1 aromatic carbocycles. The molecule has 134 valence electrons. The van der Waals surface area contributed by atoms with Crippen molar-refractivity contribution < 1.29 is 19.1 Å². The third-order valence-electron chi connectivity index (χ3n) is 3.76. The third kappa shape index (κ3) is 4.86. The average molecular weight is 344 g/mol. The first kappa shape index (κ1) is 18.6. The van der Waals surface area contributed by atoms with Crippen LogP contribution in [-0.2, 0) is 4.74 Å². The number of amides is 1. The molecule has 6 nitrogen and oxygen atoms in total. The molecule has 25 heavy (non-hydrogen) atoms. The van der Waals surface area contributed by atoms with Crippen LogP contribution in [0.3, 0.4) is 0 Å². The lowest BCUT2D eigenvalue weighted by Crippen LogP contribution is -2.26. The molecule has 0 radical (unpaired) electrons. The number of esters is 1. The van der Waals surface area contributed by atoms with Crippen molar-refractivity contribution in [3.63, 3.8) is 0 Å². The van der Waals surface area contributed by atoms with E-state index < -0.39 is 5.97 Å². The van der Waals surface area contributed by atoms with Crippen molar-refractivity contribution in [1.29, 1.82) is 0 Å². The number of aromatic nitrogens is 1. The van der Waals surface area contributed by atoms with Gasteiger partial charge in [-0.3, -0.25) is 4.79 Å². The number of aryl methyl sites for hydroxylation is 1. The molecule has 0 spiro atoms. The average Bonchev–Trinajstić information content (AvgIpc) is 2.90. The van der Waals surface area contributed by atoms with Gasteiger partial charge in [0.2, 0.25) is 0 Å². The van der Waals surface area contributed by atoms with Crippen LogP contribution in [0.4, 0.5) is 0 Å². The van der Waals surface area contributed by atoms with E-state index in [0.29, 0.717) is 48.7 Å². The normalized spacial score (nSPS) is 10.4. The van der Waals surface area contributed by atoms with Gasteiger partial charge in [-0.25, -0.2) is 4.79 Å². The predicted molar refractivity (Wildman–Crippen MR) is 95.1 cm³/mol. The number of benzene rings is 1. The van der Waals surface area contributed by atoms with E-state index in [9.17, 15) is 9.59 Å². The lowest BCUT2D eigenvalue weighted by atomic mass is 10.1. The van der Waals surface area contributed by atoms with Gasteiger partial charge in [0.15, 0.2) is 0 Å². The molecule has 6 heteroatoms. The number of hydrogen-bond acceptors (Lipinski definition) is 4. The van der Waals surface area contributed by atoms with E-state index in [1.807, 2.05) is 30.3 Å². The molecule has 0 saturated carbocycles. The van der Waals surface area contributed by atoms with Crippen LogP contribution in [-0.4, -0.2) is 36.6 Å². The van der Waals surface area contributed by atoms with Crippen molar-refractivity contribution in [3.8, 4) is 5.75 Å². The molecule has 2 N–H and O–H groups in total. The molecular weight excluding hydrogens is 320 g/mol. The van der Waals surface area contributed by atoms with Gasteiger partial charge in [-0.1, -0.05) is 18.2 Å². The molecule has 0 atom stereocenters. The Morgan fingerprint density at radius 1 is 1.16 bits per heavy atom. The Morgan fingerprint density at radius 3 is 2.56 bits per heavy atom. The summed E-state index contributed by atoms with van der Waals surface area (Å²) in [6.07, 6.45) is 0.685. The Morgan fingerprint density at radius 2 is 1.88 bits per heavy atom. The lowest BCUT2D eigenvalue weighted by molar-refractivity contribution is 0.0525. The second-order valence-corrected chi connectivity index (χ2v) is 5.62. The summed E-state index contributed by atoms with van der Waals surface area (Å²) in [4.78, 5) is 27.2. The number of aromatic amines is 1. The standard InChI is InChI=1S/C19H24N2O4/c1-4-24-19(23)16-13(2)17(21-14(16)3)18(22)20-11-8-12-25-15-9-6-5-7-10-15/h5-7,9-10,21H,4,8,11-12H2,1-3H3,(H,20,22). The maximum absolute atomic E-state index is 12.3. The van der Waals surface area contributed by atoms with E-state index in [1.165, 1.54) is 0 Å². The first-order valence-electron chi connectivity index (χ1n) is 8.37. The second-order valence-electron chi connectivity index (χ2n) is 5.62. The molecule has 0 fully saturated rings. The molecule has 1 aromatic heterocycles. The highest BCUT2D eigenvalue weighted by Gasteiger charge is 2.22. The zero-order chi connectivity index (χ0) is 18.2. The monoisotopic (exact) mass is 344 g/mol. The van der Waals surface area contributed by atoms with Crippen LogP contribution in [0.25, 0.3) is 0 Å². The number of ether oxygens (including phenoxy) is 2. The van der Waals surface area contributed by atoms with Crippen molar-refractivity contribution in [1.82, 2.24) is 10.3 Å². The first-order chi connectivity index (χ1) is 12.0. The molecule has 1 amide bonds. The van der Waals surface area contributed by atoms with Crippen molar-refractivity contribution >= 4 is 11.9 Å². The number of nitrogens with one attached hydrogen (secondary N) is 2. The minimum absolute atomic E-state index is 0.240. The van der Waals surface area contributed by atoms with E-state index in [-0.39, 0.29) is 5.91 Å². The van der Waals surface area contributed by atoms with Crippen LogP contribution in [0.1, 0.15) is 45.4 Å². The topological polar surface area (TPSA) is 80.4 Å². The molecule has 0 unspecified atom stereocenters. The molecule has 0 bridgehead atoms. The van der Waals surface area contributed by atoms with Crippen LogP contribution in [0.15, 0.2) is 30.3 Å². The molecule has 0 aliphatic carbocycles. The molecular formula is C19H24N2O4. The Hall–Kier alpha value is -2.76. The Labute approximate surface area is 147 Å². The van der Waals surface area contributed by atoms with Crippen molar-refractivity contribution in [2.24, 2.45) is 0 Å². The molecule has 2 aromatic rings. The molecule has 0 aliphatic rings. The minimum atomic E-state index is -0.413. The summed E-state index contributed by atoms with van der Waals surface area (Å²) in [6, 6.07) is 9.53. The summed E-state index contributed by atoms with van der Waals surface area (Å²) in [5, 5.41) is 2.84. The SMILES string of the molecule is CCOC(=O)c1c(C)[nH]c(C(=O)NCCCOc2ccccc2)c1C. The van der Waals surface area contributed by atoms with Crippen molar-refractivity contribution in [2.75, 3.05) is 19.8 Å². The summed E-state index contributed by atoms with van der Waals surface area (Å²) in [6.45, 7) is 6.54. The van der Waals surface area contributed by atoms with Gasteiger partial charge in [-0.15, -0.1) is 0 Å². The van der Waals surface area contributed by atoms with Crippen LogP contribution < -0.4 is 10.1 Å². The molecule has 0 saturated heterocycles. The Balaban J connectivity index is 1.84. The number of rotatable bonds is 8. The smallest absolute Gasteiger partial charge is 0.340 e. The van der Waals surface area contributed by atoms with Crippen LogP contribution in [0, 0.1) is 13.8 Å². The number of H-pyrrole nitrogens is 1. The fraction of sp³-hybridized carbons (Fsp3) is 0.368. The van der Waals surface area contributed by atoms with Gasteiger partial charge in [0.25, 0.3) is 5.91 Å². The van der Waals surface area contributed by atoms with Gasteiger partial charge < -0.3 is 19.8 Å². The summed E-state index contributed by atoms with van der Waals surface area (Å²) in [5.41, 5.74) is 2.06. The summed E-state index contributed by atoms with van der Waals surface area (Å²) in [7, 11) is 0. The van der Waals surface area contributed by atoms with Gasteiger partial charge in [-0.2, -0.15) is 0 Å². The van der Waals surface area contributed by atoms with Gasteiger partial charge >= 0.3 is 5.97 Å². The fourth-order valence-electron chi connectivity index (χ4n) is 2.56. The fourth-order valence-corrected chi connectivity index (χ4v) is 2.56. The van der Waals surface area contributed by atoms with E-state index >= 15 is 0 Å². The number of para-hydroxylation sites is 1. The maximum atomic E-state index is 12.3. The highest BCUT2D eigenvalue weighted by molar-refractivity contribution is 6.00. The minimum Gasteiger partial charge on any atom is -0.494 e. The number of carbonyl (C=O) groups excluding carboxylic acids is 2. The second kappa shape index (κ2) is 8.92. The Kier molecular flexibility index (Phi) is 6.62. The van der Waals surface area contributed by atoms with E-state index in [2.05, 4.69) is 10.3 Å². The zero-order valence-corrected chi connectivity index (χ0v) is 14.8. The summed E-state index contributed by atoms with van der Waals surface area (Å²) in [5.74, 6) is 0.156. The molecule has 2 rings (SSSR count). The highest BCUT2D eigenvalue weighted by atomic mass is 16.5. The number of hydrogen-bond donors (Lipinski definition) is 2. The lowest BCUT2D eigenvalue weighted by Gasteiger charge is -2.07. The van der Waals surface area contributed by atoms with E-state index in [4.69, 9.17) is 9.47 Å². The predicted octanol–water partition coefficient (Wildman–Crippen LogP) is 3.01. The van der Waals surface area contributed by atoms with E-state index in [0.717, 1.165) is 5.75 Å². The Bertz CT molecular complexity index is 723. The van der Waals surface area contributed by atoms with Crippen molar-refractivity contribution in [2.45, 2.75) is 27.2 Å². The van der Waals surface area contributed by atoms with Crippen LogP contribution in [0.2, 0.25) is 0 Å². The maximum Gasteiger partial charge on any atom is 0.340 e. The summed E-state index contributed by atoms with van der Waals surface area (Å²) >= 11 is 0. The highest BCUT2D eigenvalue weighted by Crippen LogP contribution is 2.19. The van der Waals surface area contributed by atoms with Gasteiger partial charge in [0.05, 0.1) is 18.8 Å². The van der Waals surface area contributed by atoms with Crippen LogP contribution in [0.5, 0.6) is 5.75 Å². The van der Waals surface area contributed by atoms with Gasteiger partial charge in [-0.05, 0) is 44.9 Å². The largest absolute Gasteiger partial charge is 0.494 e. The number of carbonyl (C=O) groups is 2. The quantitative estimate of drug-likeness (QED) is 0.570. The van der Waals surface area contributed by atoms with E-state index in [1.54, 1.807) is 20.8 Å². The van der Waals surface area contributed by atoms with Gasteiger partial charge in [0, 0.05) is 12.2 Å². The molecule has 1 heterocycles.